The summed E-state index contributed by atoms with van der Waals surface area (Å²) in [4.78, 5) is 0. The molecule has 2 nitrogen and oxygen atoms in total. The van der Waals surface area contributed by atoms with E-state index in [2.05, 4.69) is 133 Å². The van der Waals surface area contributed by atoms with Gasteiger partial charge in [-0.3, -0.25) is 0 Å². The van der Waals surface area contributed by atoms with Crippen molar-refractivity contribution >= 4 is 43.1 Å². The lowest BCUT2D eigenvalue weighted by Crippen LogP contribution is -1.97. The summed E-state index contributed by atoms with van der Waals surface area (Å²) < 4.78 is 12.2. The molecule has 0 bridgehead atoms. The molecule has 2 heteroatoms. The highest BCUT2D eigenvalue weighted by Gasteiger charge is 2.08. The third-order valence-corrected chi connectivity index (χ3v) is 7.98. The highest BCUT2D eigenvalue weighted by Crippen LogP contribution is 2.30. The zero-order valence-electron chi connectivity index (χ0n) is 24.3. The molecule has 0 aromatic heterocycles. The second-order valence-corrected chi connectivity index (χ2v) is 10.7. The molecule has 0 saturated heterocycles. The first-order valence-corrected chi connectivity index (χ1v) is 14.9. The molecule has 44 heavy (non-hydrogen) atoms. The van der Waals surface area contributed by atoms with Crippen LogP contribution in [0.4, 0.5) is 0 Å². The standard InChI is InChI=1S/C42H30O2/c1-2-14-32(20-12-26-44-30-42-39-23-9-5-17-35(39)28-36-18-6-10-24-40(36)42)31(13-1)19-11-25-43-29-41-37-21-7-3-15-33(37)27-34-16-4-8-22-38(34)41/h1-10,13-18,21-24,27-28H,25-26,29-30H2. The molecule has 0 N–H and O–H groups in total. The fourth-order valence-corrected chi connectivity index (χ4v) is 5.90. The Labute approximate surface area is 257 Å². The van der Waals surface area contributed by atoms with Crippen molar-refractivity contribution in [2.45, 2.75) is 13.2 Å². The van der Waals surface area contributed by atoms with Crippen molar-refractivity contribution in [1.82, 2.24) is 0 Å². The van der Waals surface area contributed by atoms with Crippen LogP contribution in [0.2, 0.25) is 0 Å². The van der Waals surface area contributed by atoms with Crippen LogP contribution < -0.4 is 0 Å². The largest absolute Gasteiger partial charge is 0.364 e. The third kappa shape index (κ3) is 5.78. The SMILES string of the molecule is C(#Cc1ccccc1C#CCOCc1c2ccccc2cc2ccccc12)COCc1c2ccccc2cc2ccccc12. The number of benzene rings is 7. The van der Waals surface area contributed by atoms with Gasteiger partial charge in [0.2, 0.25) is 0 Å². The Morgan fingerprint density at radius 1 is 0.386 bits per heavy atom. The molecule has 210 valence electrons. The van der Waals surface area contributed by atoms with Gasteiger partial charge in [-0.25, -0.2) is 0 Å². The van der Waals surface area contributed by atoms with E-state index in [0.717, 1.165) is 11.1 Å². The zero-order valence-corrected chi connectivity index (χ0v) is 24.3. The van der Waals surface area contributed by atoms with Gasteiger partial charge in [-0.1, -0.05) is 133 Å². The summed E-state index contributed by atoms with van der Waals surface area (Å²) in [5.41, 5.74) is 4.17. The van der Waals surface area contributed by atoms with E-state index in [1.54, 1.807) is 0 Å². The highest BCUT2D eigenvalue weighted by atomic mass is 16.5. The van der Waals surface area contributed by atoms with Crippen molar-refractivity contribution in [3.8, 4) is 23.7 Å². The summed E-state index contributed by atoms with van der Waals surface area (Å²) >= 11 is 0. The van der Waals surface area contributed by atoms with Crippen molar-refractivity contribution in [3.05, 3.63) is 156 Å². The average molecular weight is 567 g/mol. The molecule has 0 amide bonds. The van der Waals surface area contributed by atoms with E-state index in [4.69, 9.17) is 9.47 Å². The molecular weight excluding hydrogens is 536 g/mol. The van der Waals surface area contributed by atoms with Gasteiger partial charge >= 0.3 is 0 Å². The van der Waals surface area contributed by atoms with Gasteiger partial charge in [0.1, 0.15) is 13.2 Å². The lowest BCUT2D eigenvalue weighted by molar-refractivity contribution is 0.155. The number of hydrogen-bond acceptors (Lipinski definition) is 2. The van der Waals surface area contributed by atoms with Crippen LogP contribution in [0.5, 0.6) is 0 Å². The van der Waals surface area contributed by atoms with Gasteiger partial charge < -0.3 is 9.47 Å². The molecule has 0 unspecified atom stereocenters. The quantitative estimate of drug-likeness (QED) is 0.113. The van der Waals surface area contributed by atoms with Crippen molar-refractivity contribution < 1.29 is 9.47 Å². The van der Waals surface area contributed by atoms with Gasteiger partial charge in [0.15, 0.2) is 0 Å². The summed E-state index contributed by atoms with van der Waals surface area (Å²) in [7, 11) is 0. The Kier molecular flexibility index (Phi) is 8.03. The summed E-state index contributed by atoms with van der Waals surface area (Å²) in [5.74, 6) is 12.9. The molecule has 7 aromatic carbocycles. The van der Waals surface area contributed by atoms with Gasteiger partial charge in [-0.2, -0.15) is 0 Å². The Morgan fingerprint density at radius 2 is 0.705 bits per heavy atom. The minimum absolute atomic E-state index is 0.335. The summed E-state index contributed by atoms with van der Waals surface area (Å²) in [5, 5.41) is 9.75. The molecule has 7 rings (SSSR count). The summed E-state index contributed by atoms with van der Waals surface area (Å²) in [6.07, 6.45) is 0. The van der Waals surface area contributed by atoms with E-state index < -0.39 is 0 Å². The van der Waals surface area contributed by atoms with Crippen LogP contribution in [0.25, 0.3) is 43.1 Å². The minimum Gasteiger partial charge on any atom is -0.364 e. The van der Waals surface area contributed by atoms with Crippen molar-refractivity contribution in [1.29, 1.82) is 0 Å². The van der Waals surface area contributed by atoms with Gasteiger partial charge in [-0.05, 0) is 78.5 Å². The van der Waals surface area contributed by atoms with Crippen LogP contribution in [-0.4, -0.2) is 13.2 Å². The Bertz CT molecular complexity index is 1990. The van der Waals surface area contributed by atoms with E-state index >= 15 is 0 Å². The van der Waals surface area contributed by atoms with Crippen molar-refractivity contribution in [2.24, 2.45) is 0 Å². The second-order valence-electron chi connectivity index (χ2n) is 10.7. The predicted molar refractivity (Wildman–Crippen MR) is 182 cm³/mol. The van der Waals surface area contributed by atoms with Crippen molar-refractivity contribution in [3.63, 3.8) is 0 Å². The molecule has 7 aromatic rings. The van der Waals surface area contributed by atoms with Gasteiger partial charge in [0, 0.05) is 11.1 Å². The Balaban J connectivity index is 1.01. The molecule has 0 atom stereocenters. The zero-order chi connectivity index (χ0) is 29.6. The van der Waals surface area contributed by atoms with Crippen LogP contribution in [0.1, 0.15) is 22.3 Å². The monoisotopic (exact) mass is 566 g/mol. The molecule has 0 heterocycles. The highest BCUT2D eigenvalue weighted by molar-refractivity contribution is 6.03. The topological polar surface area (TPSA) is 18.5 Å². The number of hydrogen-bond donors (Lipinski definition) is 0. The molecule has 0 saturated carbocycles. The lowest BCUT2D eigenvalue weighted by Gasteiger charge is -2.11. The number of fused-ring (bicyclic) bond motifs is 4. The molecule has 0 aliphatic heterocycles. The Hall–Kier alpha value is -5.38. The summed E-state index contributed by atoms with van der Waals surface area (Å²) in [6.45, 7) is 1.67. The maximum Gasteiger partial charge on any atom is 0.108 e. The predicted octanol–water partition coefficient (Wildman–Crippen LogP) is 9.44. The number of ether oxygens (including phenoxy) is 2. The van der Waals surface area contributed by atoms with E-state index in [1.807, 2.05) is 24.3 Å². The van der Waals surface area contributed by atoms with Crippen LogP contribution in [0.15, 0.2) is 133 Å². The van der Waals surface area contributed by atoms with E-state index in [-0.39, 0.29) is 0 Å². The van der Waals surface area contributed by atoms with Crippen LogP contribution in [-0.2, 0) is 22.7 Å². The van der Waals surface area contributed by atoms with Crippen LogP contribution in [0.3, 0.4) is 0 Å². The number of rotatable bonds is 6. The first kappa shape index (κ1) is 27.5. The molecule has 0 aliphatic carbocycles. The molecular formula is C42H30O2. The fourth-order valence-electron chi connectivity index (χ4n) is 5.90. The van der Waals surface area contributed by atoms with Gasteiger partial charge in [0.05, 0.1) is 13.2 Å². The average Bonchev–Trinajstić information content (AvgIpc) is 3.07. The second kappa shape index (κ2) is 12.9. The summed E-state index contributed by atoms with van der Waals surface area (Å²) in [6, 6.07) is 46.3. The molecule has 0 radical (unpaired) electrons. The van der Waals surface area contributed by atoms with E-state index in [1.165, 1.54) is 54.2 Å². The first-order chi connectivity index (χ1) is 21.8. The van der Waals surface area contributed by atoms with Crippen LogP contribution >= 0.6 is 0 Å². The maximum absolute atomic E-state index is 6.08. The van der Waals surface area contributed by atoms with Crippen LogP contribution in [0, 0.1) is 23.7 Å². The fraction of sp³-hybridized carbons (Fsp3) is 0.0952. The smallest absolute Gasteiger partial charge is 0.108 e. The normalized spacial score (nSPS) is 10.9. The van der Waals surface area contributed by atoms with Gasteiger partial charge in [-0.15, -0.1) is 0 Å². The lowest BCUT2D eigenvalue weighted by atomic mass is 9.97. The van der Waals surface area contributed by atoms with E-state index in [9.17, 15) is 0 Å². The molecule has 0 spiro atoms. The van der Waals surface area contributed by atoms with E-state index in [0.29, 0.717) is 26.4 Å². The first-order valence-electron chi connectivity index (χ1n) is 14.9. The Morgan fingerprint density at radius 3 is 1.07 bits per heavy atom. The molecule has 0 fully saturated rings. The minimum atomic E-state index is 0.335. The van der Waals surface area contributed by atoms with Gasteiger partial charge in [0.25, 0.3) is 0 Å². The third-order valence-electron chi connectivity index (χ3n) is 7.98. The molecule has 0 aliphatic rings. The maximum atomic E-state index is 6.08. The van der Waals surface area contributed by atoms with Crippen molar-refractivity contribution in [2.75, 3.05) is 13.2 Å².